The second-order valence-corrected chi connectivity index (χ2v) is 6.04. The van der Waals surface area contributed by atoms with Gasteiger partial charge in [-0.1, -0.05) is 23.7 Å². The molecule has 0 radical (unpaired) electrons. The molecule has 0 bridgehead atoms. The van der Waals surface area contributed by atoms with E-state index in [-0.39, 0.29) is 33.1 Å². The van der Waals surface area contributed by atoms with E-state index in [1.807, 2.05) is 0 Å². The van der Waals surface area contributed by atoms with Gasteiger partial charge in [0, 0.05) is 34.3 Å². The number of amides is 1. The average Bonchev–Trinajstić information content (AvgIpc) is 2.78. The Bertz CT molecular complexity index is 835. The van der Waals surface area contributed by atoms with Crippen molar-refractivity contribution in [3.63, 3.8) is 0 Å². The fraction of sp³-hybridized carbons (Fsp3) is 0.235. The molecule has 24 heavy (non-hydrogen) atoms. The zero-order valence-electron chi connectivity index (χ0n) is 12.8. The zero-order valence-corrected chi connectivity index (χ0v) is 13.5. The lowest BCUT2D eigenvalue weighted by Gasteiger charge is -2.21. The maximum absolute atomic E-state index is 15.7. The van der Waals surface area contributed by atoms with Gasteiger partial charge < -0.3 is 10.1 Å². The lowest BCUT2D eigenvalue weighted by Crippen LogP contribution is -2.31. The highest BCUT2D eigenvalue weighted by Gasteiger charge is 2.51. The van der Waals surface area contributed by atoms with Gasteiger partial charge in [0.25, 0.3) is 11.8 Å². The minimum absolute atomic E-state index is 0.00329. The monoisotopic (exact) mass is 355 g/mol. The molecule has 1 N–H and O–H groups in total. The fourth-order valence-corrected chi connectivity index (χ4v) is 2.94. The summed E-state index contributed by atoms with van der Waals surface area (Å²) >= 11 is 5.92. The van der Waals surface area contributed by atoms with Crippen LogP contribution in [-0.2, 0) is 16.4 Å². The molecule has 1 amide bonds. The number of nitrogens with one attached hydrogen (secondary N) is 1. The third-order valence-corrected chi connectivity index (χ3v) is 4.23. The van der Waals surface area contributed by atoms with Crippen LogP contribution in [0.2, 0.25) is 5.02 Å². The normalized spacial score (nSPS) is 19.8. The Morgan fingerprint density at radius 3 is 2.50 bits per heavy atom. The summed E-state index contributed by atoms with van der Waals surface area (Å²) in [5, 5.41) is 2.55. The second kappa shape index (κ2) is 5.41. The molecule has 1 aliphatic heterocycles. The van der Waals surface area contributed by atoms with E-state index in [1.165, 1.54) is 31.4 Å². The highest BCUT2D eigenvalue weighted by molar-refractivity contribution is 6.30. The zero-order chi connectivity index (χ0) is 17.7. The van der Waals surface area contributed by atoms with Crippen LogP contribution < -0.4 is 10.1 Å². The summed E-state index contributed by atoms with van der Waals surface area (Å²) in [6.45, 7) is 0.730. The van der Waals surface area contributed by atoms with Gasteiger partial charge in [-0.15, -0.1) is 0 Å². The molecule has 0 fully saturated rings. The number of alkyl halides is 3. The average molecular weight is 356 g/mol. The first-order valence-corrected chi connectivity index (χ1v) is 7.43. The van der Waals surface area contributed by atoms with Crippen LogP contribution in [0.1, 0.15) is 23.6 Å². The van der Waals surface area contributed by atoms with E-state index in [4.69, 9.17) is 16.3 Å². The summed E-state index contributed by atoms with van der Waals surface area (Å²) in [5.41, 5.74) is -3.02. The Hall–Kier alpha value is -2.21. The largest absolute Gasteiger partial charge is 0.496 e. The minimum Gasteiger partial charge on any atom is -0.496 e. The summed E-state index contributed by atoms with van der Waals surface area (Å²) in [6.07, 6.45) is 0. The fourth-order valence-electron chi connectivity index (χ4n) is 2.77. The molecule has 3 rings (SSSR count). The van der Waals surface area contributed by atoms with Gasteiger partial charge in [0.05, 0.1) is 7.11 Å². The van der Waals surface area contributed by atoms with Crippen LogP contribution in [-0.4, -0.2) is 13.0 Å². The minimum atomic E-state index is -3.10. The van der Waals surface area contributed by atoms with Crippen LogP contribution in [0.4, 0.5) is 18.9 Å². The lowest BCUT2D eigenvalue weighted by molar-refractivity contribution is -0.124. The van der Waals surface area contributed by atoms with E-state index in [0.29, 0.717) is 0 Å². The summed E-state index contributed by atoms with van der Waals surface area (Å²) in [6, 6.07) is 7.59. The molecule has 2 aromatic carbocycles. The molecule has 0 saturated heterocycles. The van der Waals surface area contributed by atoms with Crippen molar-refractivity contribution in [3.8, 4) is 5.75 Å². The number of carbonyl (C=O) groups is 1. The molecule has 1 heterocycles. The van der Waals surface area contributed by atoms with Gasteiger partial charge >= 0.3 is 0 Å². The Kier molecular flexibility index (Phi) is 3.75. The van der Waals surface area contributed by atoms with Gasteiger partial charge in [0.1, 0.15) is 5.75 Å². The molecule has 1 aliphatic rings. The first-order chi connectivity index (χ1) is 11.2. The number of benzene rings is 2. The van der Waals surface area contributed by atoms with E-state index in [9.17, 15) is 13.6 Å². The van der Waals surface area contributed by atoms with Crippen molar-refractivity contribution in [1.29, 1.82) is 0 Å². The number of hydrogen-bond acceptors (Lipinski definition) is 2. The molecular formula is C17H13ClF3NO2. The van der Waals surface area contributed by atoms with Crippen molar-refractivity contribution in [2.45, 2.75) is 18.5 Å². The number of carbonyl (C=O) groups excluding carboxylic acids is 1. The predicted octanol–water partition coefficient (Wildman–Crippen LogP) is 4.63. The lowest BCUT2D eigenvalue weighted by atomic mass is 9.88. The van der Waals surface area contributed by atoms with Gasteiger partial charge in [0.2, 0.25) is 5.67 Å². The summed E-state index contributed by atoms with van der Waals surface area (Å²) in [4.78, 5) is 12.3. The molecule has 1 atom stereocenters. The number of fused-ring (bicyclic) bond motifs is 1. The maximum atomic E-state index is 15.7. The van der Waals surface area contributed by atoms with Crippen LogP contribution in [0, 0.1) is 0 Å². The summed E-state index contributed by atoms with van der Waals surface area (Å²) in [5.74, 6) is -3.95. The molecule has 3 nitrogen and oxygen atoms in total. The molecule has 0 aromatic heterocycles. The standard InChI is InChI=1S/C17H13ClF3NO2/c1-16(19,20)9-3-5-11-13(7-9)22-15(23)17(11,21)12-8-10(18)4-6-14(12)24-2/h3-8H,1-2H3,(H,22,23)/t17-/m0/s1. The van der Waals surface area contributed by atoms with Crippen molar-refractivity contribution in [1.82, 2.24) is 0 Å². The van der Waals surface area contributed by atoms with Crippen LogP contribution in [0.15, 0.2) is 36.4 Å². The molecule has 0 saturated carbocycles. The third kappa shape index (κ3) is 2.41. The molecule has 0 aliphatic carbocycles. The topological polar surface area (TPSA) is 38.3 Å². The third-order valence-electron chi connectivity index (χ3n) is 3.99. The first-order valence-electron chi connectivity index (χ1n) is 7.05. The van der Waals surface area contributed by atoms with Crippen LogP contribution in [0.3, 0.4) is 0 Å². The van der Waals surface area contributed by atoms with Gasteiger partial charge in [-0.25, -0.2) is 13.2 Å². The SMILES string of the molecule is COc1ccc(Cl)cc1[C@]1(F)C(=O)Nc2cc(C(C)(F)F)ccc21. The molecular weight excluding hydrogens is 343 g/mol. The van der Waals surface area contributed by atoms with Crippen molar-refractivity contribution in [3.05, 3.63) is 58.1 Å². The van der Waals surface area contributed by atoms with E-state index >= 15 is 4.39 Å². The molecule has 0 unspecified atom stereocenters. The Morgan fingerprint density at radius 1 is 1.17 bits per heavy atom. The molecule has 126 valence electrons. The number of hydrogen-bond donors (Lipinski definition) is 1. The van der Waals surface area contributed by atoms with Crippen LogP contribution in [0.5, 0.6) is 5.75 Å². The Labute approximate surface area is 141 Å². The van der Waals surface area contributed by atoms with Gasteiger partial charge in [0.15, 0.2) is 0 Å². The van der Waals surface area contributed by atoms with E-state index in [2.05, 4.69) is 5.32 Å². The summed E-state index contributed by atoms with van der Waals surface area (Å²) < 4.78 is 47.8. The number of ether oxygens (including phenoxy) is 1. The van der Waals surface area contributed by atoms with Crippen molar-refractivity contribution >= 4 is 23.2 Å². The van der Waals surface area contributed by atoms with Gasteiger partial charge in [-0.05, 0) is 24.3 Å². The highest BCUT2D eigenvalue weighted by Crippen LogP contribution is 2.48. The first kappa shape index (κ1) is 16.6. The summed E-state index contributed by atoms with van der Waals surface area (Å²) in [7, 11) is 1.34. The van der Waals surface area contributed by atoms with Gasteiger partial charge in [-0.2, -0.15) is 0 Å². The van der Waals surface area contributed by atoms with E-state index in [1.54, 1.807) is 0 Å². The number of methoxy groups -OCH3 is 1. The van der Waals surface area contributed by atoms with Crippen molar-refractivity contribution < 1.29 is 22.7 Å². The number of rotatable bonds is 3. The molecule has 7 heteroatoms. The quantitative estimate of drug-likeness (QED) is 0.872. The maximum Gasteiger partial charge on any atom is 0.271 e. The second-order valence-electron chi connectivity index (χ2n) is 5.61. The van der Waals surface area contributed by atoms with Crippen molar-refractivity contribution in [2.24, 2.45) is 0 Å². The van der Waals surface area contributed by atoms with Crippen LogP contribution in [0.25, 0.3) is 0 Å². The molecule has 0 spiro atoms. The van der Waals surface area contributed by atoms with Crippen LogP contribution >= 0.6 is 11.6 Å². The van der Waals surface area contributed by atoms with Crippen molar-refractivity contribution in [2.75, 3.05) is 12.4 Å². The predicted molar refractivity (Wildman–Crippen MR) is 84.5 cm³/mol. The Morgan fingerprint density at radius 2 is 1.88 bits per heavy atom. The van der Waals surface area contributed by atoms with E-state index < -0.39 is 17.5 Å². The number of anilines is 1. The number of halogens is 4. The molecule has 2 aromatic rings. The Balaban J connectivity index is 2.21. The highest BCUT2D eigenvalue weighted by atomic mass is 35.5. The van der Waals surface area contributed by atoms with Gasteiger partial charge in [-0.3, -0.25) is 4.79 Å². The smallest absolute Gasteiger partial charge is 0.271 e. The van der Waals surface area contributed by atoms with E-state index in [0.717, 1.165) is 19.1 Å².